The summed E-state index contributed by atoms with van der Waals surface area (Å²) >= 11 is 0. The summed E-state index contributed by atoms with van der Waals surface area (Å²) in [6.07, 6.45) is 2.06. The Bertz CT molecular complexity index is 902. The van der Waals surface area contributed by atoms with Crippen LogP contribution >= 0.6 is 0 Å². The van der Waals surface area contributed by atoms with Crippen LogP contribution in [0.3, 0.4) is 0 Å². The molecule has 2 spiro atoms. The van der Waals surface area contributed by atoms with Gasteiger partial charge in [0.2, 0.25) is 0 Å². The fourth-order valence-corrected chi connectivity index (χ4v) is 5.05. The molecule has 2 heterocycles. The molecule has 1 saturated carbocycles. The first kappa shape index (κ1) is 22.9. The predicted octanol–water partition coefficient (Wildman–Crippen LogP) is 3.40. The van der Waals surface area contributed by atoms with Gasteiger partial charge in [-0.05, 0) is 50.3 Å². The van der Waals surface area contributed by atoms with E-state index in [9.17, 15) is 9.59 Å². The van der Waals surface area contributed by atoms with Gasteiger partial charge in [-0.25, -0.2) is 9.90 Å². The van der Waals surface area contributed by atoms with Gasteiger partial charge in [-0.15, -0.1) is 0 Å². The van der Waals surface area contributed by atoms with Gasteiger partial charge in [0.05, 0.1) is 18.8 Å². The highest BCUT2D eigenvalue weighted by atomic mass is 16.8. The minimum atomic E-state index is -0.940. The average Bonchev–Trinajstić information content (AvgIpc) is 3.29. The van der Waals surface area contributed by atoms with Crippen LogP contribution in [0.4, 0.5) is 0 Å². The SMILES string of the molecule is CCOCON1C(=O)C(c2c(C)cccc2C)=C(OC(C)=O)C12CCC1(CC2)OCCO1. The number of carbonyl (C=O) groups excluding carboxylic acids is 2. The summed E-state index contributed by atoms with van der Waals surface area (Å²) in [6.45, 7) is 8.58. The number of amides is 1. The van der Waals surface area contributed by atoms with Crippen LogP contribution in [-0.4, -0.2) is 54.9 Å². The second-order valence-electron chi connectivity index (χ2n) is 8.54. The molecule has 3 aliphatic rings. The van der Waals surface area contributed by atoms with Crippen molar-refractivity contribution in [3.63, 3.8) is 0 Å². The Kier molecular flexibility index (Phi) is 6.40. The quantitative estimate of drug-likeness (QED) is 0.377. The lowest BCUT2D eigenvalue weighted by atomic mass is 9.77. The van der Waals surface area contributed by atoms with E-state index in [1.54, 1.807) is 0 Å². The molecule has 4 rings (SSSR count). The van der Waals surface area contributed by atoms with E-state index in [4.69, 9.17) is 23.8 Å². The summed E-state index contributed by atoms with van der Waals surface area (Å²) < 4.78 is 23.0. The maximum absolute atomic E-state index is 13.8. The molecule has 0 N–H and O–H groups in total. The van der Waals surface area contributed by atoms with Crippen LogP contribution in [-0.2, 0) is 33.4 Å². The van der Waals surface area contributed by atoms with Gasteiger partial charge >= 0.3 is 5.97 Å². The number of hydrogen-bond acceptors (Lipinski definition) is 7. The van der Waals surface area contributed by atoms with E-state index in [0.717, 1.165) is 16.7 Å². The number of ether oxygens (including phenoxy) is 4. The van der Waals surface area contributed by atoms with Crippen molar-refractivity contribution >= 4 is 17.4 Å². The summed E-state index contributed by atoms with van der Waals surface area (Å²) in [5, 5.41) is 1.37. The molecule has 1 aromatic rings. The predicted molar refractivity (Wildman–Crippen MR) is 115 cm³/mol. The fraction of sp³-hybridized carbons (Fsp3) is 0.583. The smallest absolute Gasteiger partial charge is 0.307 e. The summed E-state index contributed by atoms with van der Waals surface area (Å²) in [7, 11) is 0. The molecule has 1 saturated heterocycles. The normalized spacial score (nSPS) is 21.8. The number of rotatable bonds is 6. The first-order valence-corrected chi connectivity index (χ1v) is 11.2. The lowest BCUT2D eigenvalue weighted by Gasteiger charge is -2.45. The van der Waals surface area contributed by atoms with Gasteiger partial charge in [0.25, 0.3) is 5.91 Å². The Morgan fingerprint density at radius 3 is 2.28 bits per heavy atom. The molecule has 2 aliphatic heterocycles. The molecule has 174 valence electrons. The lowest BCUT2D eigenvalue weighted by molar-refractivity contribution is -0.268. The summed E-state index contributed by atoms with van der Waals surface area (Å²) in [6, 6.07) is 5.83. The van der Waals surface area contributed by atoms with Gasteiger partial charge in [-0.1, -0.05) is 18.2 Å². The minimum Gasteiger partial charge on any atom is -0.428 e. The van der Waals surface area contributed by atoms with E-state index in [-0.39, 0.29) is 12.7 Å². The molecule has 1 aromatic carbocycles. The first-order valence-electron chi connectivity index (χ1n) is 11.2. The number of carbonyl (C=O) groups is 2. The lowest BCUT2D eigenvalue weighted by Crippen LogP contribution is -2.54. The Balaban J connectivity index is 1.82. The number of nitrogens with zero attached hydrogens (tertiary/aromatic N) is 1. The second-order valence-corrected chi connectivity index (χ2v) is 8.54. The van der Waals surface area contributed by atoms with E-state index in [0.29, 0.717) is 56.8 Å². The van der Waals surface area contributed by atoms with Crippen molar-refractivity contribution in [3.8, 4) is 0 Å². The number of benzene rings is 1. The van der Waals surface area contributed by atoms with E-state index in [1.165, 1.54) is 12.0 Å². The molecule has 0 unspecified atom stereocenters. The van der Waals surface area contributed by atoms with Crippen molar-refractivity contribution in [2.45, 2.75) is 64.7 Å². The molecule has 0 aromatic heterocycles. The maximum Gasteiger partial charge on any atom is 0.307 e. The van der Waals surface area contributed by atoms with Crippen LogP contribution in [0.5, 0.6) is 0 Å². The van der Waals surface area contributed by atoms with Crippen molar-refractivity contribution in [2.75, 3.05) is 26.6 Å². The largest absolute Gasteiger partial charge is 0.428 e. The van der Waals surface area contributed by atoms with Crippen molar-refractivity contribution in [1.29, 1.82) is 0 Å². The van der Waals surface area contributed by atoms with E-state index < -0.39 is 17.3 Å². The minimum absolute atomic E-state index is 0.0739. The fourth-order valence-electron chi connectivity index (χ4n) is 5.05. The van der Waals surface area contributed by atoms with Gasteiger partial charge in [-0.2, -0.15) is 0 Å². The van der Waals surface area contributed by atoms with Gasteiger partial charge in [0.1, 0.15) is 11.3 Å². The van der Waals surface area contributed by atoms with Gasteiger partial charge in [0.15, 0.2) is 12.6 Å². The molecular weight excluding hydrogens is 414 g/mol. The van der Waals surface area contributed by atoms with Crippen LogP contribution in [0.15, 0.2) is 24.0 Å². The molecule has 2 fully saturated rings. The molecule has 1 amide bonds. The van der Waals surface area contributed by atoms with Crippen LogP contribution in [0, 0.1) is 13.8 Å². The zero-order valence-electron chi connectivity index (χ0n) is 19.2. The second kappa shape index (κ2) is 8.94. The van der Waals surface area contributed by atoms with Crippen LogP contribution in [0.25, 0.3) is 5.57 Å². The third kappa shape index (κ3) is 3.85. The van der Waals surface area contributed by atoms with Crippen molar-refractivity contribution < 1.29 is 33.4 Å². The maximum atomic E-state index is 13.8. The molecule has 0 radical (unpaired) electrons. The van der Waals surface area contributed by atoms with Crippen molar-refractivity contribution in [3.05, 3.63) is 40.6 Å². The number of aryl methyl sites for hydroxylation is 2. The Hall–Kier alpha value is -2.26. The van der Waals surface area contributed by atoms with Crippen molar-refractivity contribution in [1.82, 2.24) is 5.06 Å². The van der Waals surface area contributed by atoms with Crippen LogP contribution in [0.1, 0.15) is 56.2 Å². The third-order valence-electron chi connectivity index (χ3n) is 6.54. The zero-order chi connectivity index (χ0) is 22.9. The van der Waals surface area contributed by atoms with Crippen LogP contribution < -0.4 is 0 Å². The molecule has 0 bridgehead atoms. The first-order chi connectivity index (χ1) is 15.3. The monoisotopic (exact) mass is 445 g/mol. The molecule has 8 heteroatoms. The standard InChI is InChI=1S/C24H31NO7/c1-5-28-15-31-25-22(27)20(19-16(2)7-6-8-17(19)3)21(32-18(4)26)23(25)9-11-24(12-10-23)29-13-14-30-24/h6-8H,5,9-15H2,1-4H3. The Morgan fingerprint density at radius 1 is 1.09 bits per heavy atom. The summed E-state index contributed by atoms with van der Waals surface area (Å²) in [4.78, 5) is 31.9. The van der Waals surface area contributed by atoms with Gasteiger partial charge in [-0.3, -0.25) is 9.59 Å². The Labute approximate surface area is 188 Å². The van der Waals surface area contributed by atoms with Gasteiger partial charge < -0.3 is 18.9 Å². The molecule has 0 atom stereocenters. The average molecular weight is 446 g/mol. The molecular formula is C24H31NO7. The summed E-state index contributed by atoms with van der Waals surface area (Å²) in [5.41, 5.74) is 2.05. The van der Waals surface area contributed by atoms with E-state index in [1.807, 2.05) is 39.0 Å². The van der Waals surface area contributed by atoms with Gasteiger partial charge in [0, 0.05) is 26.4 Å². The number of esters is 1. The van der Waals surface area contributed by atoms with E-state index >= 15 is 0 Å². The highest BCUT2D eigenvalue weighted by Gasteiger charge is 2.60. The van der Waals surface area contributed by atoms with E-state index in [2.05, 4.69) is 0 Å². The number of hydrogen-bond donors (Lipinski definition) is 0. The van der Waals surface area contributed by atoms with Crippen molar-refractivity contribution in [2.24, 2.45) is 0 Å². The topological polar surface area (TPSA) is 83.5 Å². The molecule has 1 aliphatic carbocycles. The number of hydroxylamine groups is 2. The highest BCUT2D eigenvalue weighted by molar-refractivity contribution is 6.23. The zero-order valence-corrected chi connectivity index (χ0v) is 19.2. The third-order valence-corrected chi connectivity index (χ3v) is 6.54. The molecule has 8 nitrogen and oxygen atoms in total. The summed E-state index contributed by atoms with van der Waals surface area (Å²) in [5.74, 6) is -1.11. The molecule has 32 heavy (non-hydrogen) atoms. The highest BCUT2D eigenvalue weighted by Crippen LogP contribution is 2.53. The Morgan fingerprint density at radius 2 is 1.72 bits per heavy atom. The van der Waals surface area contributed by atoms with Crippen LogP contribution in [0.2, 0.25) is 0 Å².